The summed E-state index contributed by atoms with van der Waals surface area (Å²) in [5.41, 5.74) is 0.337. The Morgan fingerprint density at radius 2 is 2.10 bits per heavy atom. The lowest BCUT2D eigenvalue weighted by atomic mass is 9.85. The van der Waals surface area contributed by atoms with Gasteiger partial charge >= 0.3 is 0 Å². The maximum atomic E-state index is 13.9. The molecule has 1 aliphatic carbocycles. The lowest BCUT2D eigenvalue weighted by Crippen LogP contribution is -2.37. The van der Waals surface area contributed by atoms with Gasteiger partial charge < -0.3 is 4.90 Å². The largest absolute Gasteiger partial charge is 0.321 e. The maximum Gasteiger partial charge on any atom is 0.241 e. The molecule has 1 aromatic carbocycles. The highest BCUT2D eigenvalue weighted by atomic mass is 19.1. The second kappa shape index (κ2) is 5.13. The third-order valence-electron chi connectivity index (χ3n) is 4.31. The van der Waals surface area contributed by atoms with Gasteiger partial charge in [-0.15, -0.1) is 0 Å². The molecule has 20 heavy (non-hydrogen) atoms. The zero-order valence-corrected chi connectivity index (χ0v) is 11.4. The Labute approximate surface area is 117 Å². The summed E-state index contributed by atoms with van der Waals surface area (Å²) in [6.07, 6.45) is 2.96. The number of benzene rings is 1. The quantitative estimate of drug-likeness (QED) is 0.923. The number of carbonyl (C=O) groups is 1. The summed E-state index contributed by atoms with van der Waals surface area (Å²) in [4.78, 5) is 13.9. The first-order valence-corrected chi connectivity index (χ1v) is 7.07. The Hall–Kier alpha value is -1.49. The van der Waals surface area contributed by atoms with Crippen LogP contribution in [0, 0.1) is 17.6 Å². The minimum Gasteiger partial charge on any atom is -0.321 e. The van der Waals surface area contributed by atoms with Crippen LogP contribution in [0.25, 0.3) is 0 Å². The third-order valence-corrected chi connectivity index (χ3v) is 4.31. The normalized spacial score (nSPS) is 26.9. The van der Waals surface area contributed by atoms with Gasteiger partial charge in [0, 0.05) is 18.2 Å². The van der Waals surface area contributed by atoms with Gasteiger partial charge in [0.15, 0.2) is 0 Å². The lowest BCUT2D eigenvalue weighted by molar-refractivity contribution is -0.130. The summed E-state index contributed by atoms with van der Waals surface area (Å²) >= 11 is 0. The van der Waals surface area contributed by atoms with E-state index in [1.807, 2.05) is 0 Å². The lowest BCUT2D eigenvalue weighted by Gasteiger charge is -2.33. The Morgan fingerprint density at radius 1 is 1.35 bits per heavy atom. The zero-order chi connectivity index (χ0) is 14.3. The number of halogens is 2. The molecule has 3 rings (SSSR count). The molecule has 108 valence electrons. The van der Waals surface area contributed by atoms with Crippen LogP contribution in [-0.4, -0.2) is 23.4 Å². The first-order valence-electron chi connectivity index (χ1n) is 7.07. The SMILES string of the molecule is CC1NC(c2ccc(F)cc2F)N(CC2CCC2)C1=O. The first-order chi connectivity index (χ1) is 9.56. The molecule has 2 atom stereocenters. The minimum atomic E-state index is -0.608. The van der Waals surface area contributed by atoms with E-state index in [9.17, 15) is 13.6 Å². The van der Waals surface area contributed by atoms with E-state index < -0.39 is 17.8 Å². The van der Waals surface area contributed by atoms with Gasteiger partial charge in [0.1, 0.15) is 17.8 Å². The van der Waals surface area contributed by atoms with Crippen molar-refractivity contribution in [2.45, 2.75) is 38.4 Å². The number of carbonyl (C=O) groups excluding carboxylic acids is 1. The molecule has 0 spiro atoms. The average molecular weight is 280 g/mol. The van der Waals surface area contributed by atoms with Crippen LogP contribution in [0.1, 0.15) is 37.9 Å². The highest BCUT2D eigenvalue weighted by Crippen LogP contribution is 2.33. The van der Waals surface area contributed by atoms with Crippen LogP contribution in [-0.2, 0) is 4.79 Å². The molecule has 0 aromatic heterocycles. The number of nitrogens with zero attached hydrogens (tertiary/aromatic N) is 1. The molecular weight excluding hydrogens is 262 g/mol. The number of hydrogen-bond donors (Lipinski definition) is 1. The van der Waals surface area contributed by atoms with Gasteiger partial charge in [-0.25, -0.2) is 8.78 Å². The predicted molar refractivity (Wildman–Crippen MR) is 70.8 cm³/mol. The van der Waals surface area contributed by atoms with Gasteiger partial charge in [-0.3, -0.25) is 10.1 Å². The molecular formula is C15H18F2N2O. The molecule has 0 radical (unpaired) electrons. The Morgan fingerprint density at radius 3 is 2.70 bits per heavy atom. The van der Waals surface area contributed by atoms with E-state index in [0.717, 1.165) is 18.9 Å². The molecule has 1 saturated heterocycles. The Balaban J connectivity index is 1.86. The zero-order valence-electron chi connectivity index (χ0n) is 11.4. The molecule has 1 N–H and O–H groups in total. The van der Waals surface area contributed by atoms with E-state index in [0.29, 0.717) is 18.0 Å². The third kappa shape index (κ3) is 2.30. The van der Waals surface area contributed by atoms with Gasteiger partial charge in [-0.2, -0.15) is 0 Å². The number of rotatable bonds is 3. The maximum absolute atomic E-state index is 13.9. The summed E-state index contributed by atoms with van der Waals surface area (Å²) in [5.74, 6) is -0.708. The fourth-order valence-corrected chi connectivity index (χ4v) is 2.90. The molecule has 1 saturated carbocycles. The van der Waals surface area contributed by atoms with Crippen molar-refractivity contribution in [1.29, 1.82) is 0 Å². The fraction of sp³-hybridized carbons (Fsp3) is 0.533. The van der Waals surface area contributed by atoms with Crippen molar-refractivity contribution in [3.8, 4) is 0 Å². The number of nitrogens with one attached hydrogen (secondary N) is 1. The van der Waals surface area contributed by atoms with E-state index in [1.54, 1.807) is 11.8 Å². The van der Waals surface area contributed by atoms with Crippen LogP contribution in [0.15, 0.2) is 18.2 Å². The van der Waals surface area contributed by atoms with E-state index in [1.165, 1.54) is 18.6 Å². The summed E-state index contributed by atoms with van der Waals surface area (Å²) in [5, 5.41) is 3.10. The Bertz CT molecular complexity index is 531. The van der Waals surface area contributed by atoms with Crippen molar-refractivity contribution in [3.63, 3.8) is 0 Å². The summed E-state index contributed by atoms with van der Waals surface area (Å²) in [7, 11) is 0. The monoisotopic (exact) mass is 280 g/mol. The topological polar surface area (TPSA) is 32.3 Å². The van der Waals surface area contributed by atoms with Crippen LogP contribution in [0.5, 0.6) is 0 Å². The molecule has 1 amide bonds. The van der Waals surface area contributed by atoms with E-state index in [-0.39, 0.29) is 11.9 Å². The van der Waals surface area contributed by atoms with Crippen molar-refractivity contribution >= 4 is 5.91 Å². The van der Waals surface area contributed by atoms with Crippen LogP contribution in [0.3, 0.4) is 0 Å². The fourth-order valence-electron chi connectivity index (χ4n) is 2.90. The molecule has 2 aliphatic rings. The smallest absolute Gasteiger partial charge is 0.241 e. The van der Waals surface area contributed by atoms with Crippen molar-refractivity contribution in [3.05, 3.63) is 35.4 Å². The Kier molecular flexibility index (Phi) is 3.46. The summed E-state index contributed by atoms with van der Waals surface area (Å²) in [6, 6.07) is 3.19. The molecule has 1 aliphatic heterocycles. The summed E-state index contributed by atoms with van der Waals surface area (Å²) in [6.45, 7) is 2.43. The first kappa shape index (κ1) is 13.5. The predicted octanol–water partition coefficient (Wildman–Crippen LogP) is 2.58. The van der Waals surface area contributed by atoms with E-state index in [2.05, 4.69) is 5.32 Å². The van der Waals surface area contributed by atoms with Crippen LogP contribution >= 0.6 is 0 Å². The van der Waals surface area contributed by atoms with Gasteiger partial charge in [0.2, 0.25) is 5.91 Å². The highest BCUT2D eigenvalue weighted by Gasteiger charge is 2.39. The van der Waals surface area contributed by atoms with Gasteiger partial charge in [0.25, 0.3) is 0 Å². The molecule has 2 fully saturated rings. The number of hydrogen-bond acceptors (Lipinski definition) is 2. The van der Waals surface area contributed by atoms with Gasteiger partial charge in [-0.1, -0.05) is 6.42 Å². The molecule has 1 aromatic rings. The minimum absolute atomic E-state index is 0.00868. The molecule has 3 nitrogen and oxygen atoms in total. The van der Waals surface area contributed by atoms with Crippen molar-refractivity contribution in [2.24, 2.45) is 5.92 Å². The van der Waals surface area contributed by atoms with E-state index >= 15 is 0 Å². The summed E-state index contributed by atoms with van der Waals surface area (Å²) < 4.78 is 27.0. The second-order valence-corrected chi connectivity index (χ2v) is 5.74. The van der Waals surface area contributed by atoms with Crippen molar-refractivity contribution in [2.75, 3.05) is 6.54 Å². The second-order valence-electron chi connectivity index (χ2n) is 5.74. The highest BCUT2D eigenvalue weighted by molar-refractivity contribution is 5.84. The van der Waals surface area contributed by atoms with Crippen LogP contribution in [0.4, 0.5) is 8.78 Å². The van der Waals surface area contributed by atoms with Crippen molar-refractivity contribution < 1.29 is 13.6 Å². The molecule has 0 bridgehead atoms. The standard InChI is InChI=1S/C15H18F2N2O/c1-9-15(20)19(8-10-3-2-4-10)14(18-9)12-6-5-11(16)7-13(12)17/h5-7,9-10,14,18H,2-4,8H2,1H3. The van der Waals surface area contributed by atoms with Gasteiger partial charge in [-0.05, 0) is 37.8 Å². The average Bonchev–Trinajstić information content (AvgIpc) is 2.61. The molecule has 1 heterocycles. The van der Waals surface area contributed by atoms with Crippen LogP contribution < -0.4 is 5.32 Å². The van der Waals surface area contributed by atoms with E-state index in [4.69, 9.17) is 0 Å². The van der Waals surface area contributed by atoms with Gasteiger partial charge in [0.05, 0.1) is 6.04 Å². The number of amides is 1. The van der Waals surface area contributed by atoms with Crippen molar-refractivity contribution in [1.82, 2.24) is 10.2 Å². The molecule has 2 unspecified atom stereocenters. The van der Waals surface area contributed by atoms with Crippen LogP contribution in [0.2, 0.25) is 0 Å². The molecule has 5 heteroatoms.